The van der Waals surface area contributed by atoms with E-state index in [0.29, 0.717) is 31.7 Å². The highest BCUT2D eigenvalue weighted by Crippen LogP contribution is 2.28. The molecule has 6 nitrogen and oxygen atoms in total. The molecule has 0 aliphatic carbocycles. The number of anilines is 1. The van der Waals surface area contributed by atoms with Crippen LogP contribution in [0, 0.1) is 12.8 Å². The first-order valence-corrected chi connectivity index (χ1v) is 12.1. The number of nitrogens with one attached hydrogen (secondary N) is 1. The first-order chi connectivity index (χ1) is 13.8. The average molecular weight is 435 g/mol. The van der Waals surface area contributed by atoms with E-state index in [1.165, 1.54) is 4.31 Å². The van der Waals surface area contributed by atoms with Crippen molar-refractivity contribution in [2.75, 3.05) is 31.8 Å². The van der Waals surface area contributed by atoms with Gasteiger partial charge in [0.15, 0.2) is 0 Å². The average Bonchev–Trinajstić information content (AvgIpc) is 2.73. The second kappa shape index (κ2) is 9.19. The Morgan fingerprint density at radius 2 is 1.90 bits per heavy atom. The molecule has 1 fully saturated rings. The standard InChI is InChI=1S/C21H26N2O4S2/c1-15-13-19(7-8-20(15)27-2)29(25,26)23-11-9-16(10-12-23)21(24)22-17-5-4-6-18(14-17)28-3/h4-8,13-14,16H,9-12H2,1-3H3,(H,22,24). The lowest BCUT2D eigenvalue weighted by Gasteiger charge is -2.30. The van der Waals surface area contributed by atoms with Gasteiger partial charge < -0.3 is 10.1 Å². The van der Waals surface area contributed by atoms with Gasteiger partial charge in [-0.15, -0.1) is 11.8 Å². The van der Waals surface area contributed by atoms with E-state index in [1.807, 2.05) is 37.4 Å². The van der Waals surface area contributed by atoms with Gasteiger partial charge in [-0.2, -0.15) is 4.31 Å². The summed E-state index contributed by atoms with van der Waals surface area (Å²) < 4.78 is 32.6. The molecule has 156 valence electrons. The summed E-state index contributed by atoms with van der Waals surface area (Å²) >= 11 is 1.62. The summed E-state index contributed by atoms with van der Waals surface area (Å²) in [6.45, 7) is 2.48. The van der Waals surface area contributed by atoms with Crippen LogP contribution in [0.4, 0.5) is 5.69 Å². The summed E-state index contributed by atoms with van der Waals surface area (Å²) in [5.74, 6) is 0.405. The van der Waals surface area contributed by atoms with E-state index in [0.717, 1.165) is 16.1 Å². The van der Waals surface area contributed by atoms with Crippen molar-refractivity contribution in [1.29, 1.82) is 0 Å². The minimum Gasteiger partial charge on any atom is -0.496 e. The number of hydrogen-bond donors (Lipinski definition) is 1. The second-order valence-electron chi connectivity index (χ2n) is 7.03. The van der Waals surface area contributed by atoms with Gasteiger partial charge in [-0.05, 0) is 68.0 Å². The topological polar surface area (TPSA) is 75.7 Å². The quantitative estimate of drug-likeness (QED) is 0.701. The Labute approximate surface area is 176 Å². The molecule has 3 rings (SSSR count). The molecule has 1 saturated heterocycles. The summed E-state index contributed by atoms with van der Waals surface area (Å²) in [4.78, 5) is 13.9. The van der Waals surface area contributed by atoms with Gasteiger partial charge in [0.05, 0.1) is 12.0 Å². The maximum Gasteiger partial charge on any atom is 0.243 e. The molecule has 1 aliphatic rings. The fraction of sp³-hybridized carbons (Fsp3) is 0.381. The number of hydrogen-bond acceptors (Lipinski definition) is 5. The first kappa shape index (κ1) is 21.7. The zero-order valence-corrected chi connectivity index (χ0v) is 18.5. The third-order valence-electron chi connectivity index (χ3n) is 5.17. The summed E-state index contributed by atoms with van der Waals surface area (Å²) in [6.07, 6.45) is 2.99. The van der Waals surface area contributed by atoms with Crippen molar-refractivity contribution in [3.63, 3.8) is 0 Å². The molecule has 8 heteroatoms. The predicted octanol–water partition coefficient (Wildman–Crippen LogP) is 3.76. The maximum atomic E-state index is 13.0. The minimum atomic E-state index is -3.58. The fourth-order valence-electron chi connectivity index (χ4n) is 3.46. The number of amides is 1. The van der Waals surface area contributed by atoms with E-state index < -0.39 is 10.0 Å². The normalized spacial score (nSPS) is 15.8. The van der Waals surface area contributed by atoms with Crippen LogP contribution < -0.4 is 10.1 Å². The van der Waals surface area contributed by atoms with Crippen LogP contribution in [-0.4, -0.2) is 45.1 Å². The molecule has 0 spiro atoms. The third-order valence-corrected chi connectivity index (χ3v) is 7.79. The monoisotopic (exact) mass is 434 g/mol. The van der Waals surface area contributed by atoms with E-state index in [-0.39, 0.29) is 16.7 Å². The zero-order chi connectivity index (χ0) is 21.0. The van der Waals surface area contributed by atoms with Crippen molar-refractivity contribution in [1.82, 2.24) is 4.31 Å². The maximum absolute atomic E-state index is 13.0. The van der Waals surface area contributed by atoms with Crippen LogP contribution >= 0.6 is 11.8 Å². The fourth-order valence-corrected chi connectivity index (χ4v) is 5.48. The van der Waals surface area contributed by atoms with Crippen molar-refractivity contribution in [2.24, 2.45) is 5.92 Å². The molecule has 1 amide bonds. The van der Waals surface area contributed by atoms with Crippen LogP contribution in [-0.2, 0) is 14.8 Å². The van der Waals surface area contributed by atoms with E-state index in [1.54, 1.807) is 37.1 Å². The predicted molar refractivity (Wildman–Crippen MR) is 116 cm³/mol. The van der Waals surface area contributed by atoms with Crippen molar-refractivity contribution >= 4 is 33.4 Å². The Balaban J connectivity index is 1.63. The molecule has 0 bridgehead atoms. The number of rotatable bonds is 6. The molecule has 0 radical (unpaired) electrons. The molecule has 29 heavy (non-hydrogen) atoms. The lowest BCUT2D eigenvalue weighted by molar-refractivity contribution is -0.120. The number of carbonyl (C=O) groups is 1. The molecule has 0 unspecified atom stereocenters. The number of nitrogens with zero attached hydrogens (tertiary/aromatic N) is 1. The highest BCUT2D eigenvalue weighted by molar-refractivity contribution is 7.98. The lowest BCUT2D eigenvalue weighted by Crippen LogP contribution is -2.41. The summed E-state index contributed by atoms with van der Waals surface area (Å²) in [5, 5.41) is 2.96. The smallest absolute Gasteiger partial charge is 0.243 e. The van der Waals surface area contributed by atoms with E-state index in [9.17, 15) is 13.2 Å². The number of piperidine rings is 1. The number of methoxy groups -OCH3 is 1. The van der Waals surface area contributed by atoms with Gasteiger partial charge in [-0.25, -0.2) is 8.42 Å². The highest BCUT2D eigenvalue weighted by Gasteiger charge is 2.32. The van der Waals surface area contributed by atoms with Gasteiger partial charge in [0.2, 0.25) is 15.9 Å². The zero-order valence-electron chi connectivity index (χ0n) is 16.8. The van der Waals surface area contributed by atoms with Crippen LogP contribution in [0.25, 0.3) is 0 Å². The molecule has 0 aromatic heterocycles. The van der Waals surface area contributed by atoms with Gasteiger partial charge in [0.25, 0.3) is 0 Å². The number of aryl methyl sites for hydroxylation is 1. The number of benzene rings is 2. The summed E-state index contributed by atoms with van der Waals surface area (Å²) in [6, 6.07) is 12.6. The molecule has 0 saturated carbocycles. The first-order valence-electron chi connectivity index (χ1n) is 9.45. The molecular formula is C21H26N2O4S2. The Morgan fingerprint density at radius 3 is 2.52 bits per heavy atom. The van der Waals surface area contributed by atoms with Gasteiger partial charge in [-0.3, -0.25) is 4.79 Å². The number of ether oxygens (including phenoxy) is 1. The summed E-state index contributed by atoms with van der Waals surface area (Å²) in [5.41, 5.74) is 1.54. The largest absolute Gasteiger partial charge is 0.496 e. The van der Waals surface area contributed by atoms with Crippen molar-refractivity contribution in [2.45, 2.75) is 29.6 Å². The highest BCUT2D eigenvalue weighted by atomic mass is 32.2. The molecule has 0 atom stereocenters. The number of sulfonamides is 1. The second-order valence-corrected chi connectivity index (χ2v) is 9.85. The summed E-state index contributed by atoms with van der Waals surface area (Å²) in [7, 11) is -2.02. The van der Waals surface area contributed by atoms with Crippen LogP contribution in [0.2, 0.25) is 0 Å². The molecule has 1 heterocycles. The van der Waals surface area contributed by atoms with Crippen molar-refractivity contribution in [3.8, 4) is 5.75 Å². The van der Waals surface area contributed by atoms with E-state index in [4.69, 9.17) is 4.74 Å². The molecule has 2 aromatic rings. The van der Waals surface area contributed by atoms with E-state index in [2.05, 4.69) is 5.32 Å². The van der Waals surface area contributed by atoms with E-state index >= 15 is 0 Å². The third kappa shape index (κ3) is 4.94. The minimum absolute atomic E-state index is 0.0550. The SMILES string of the molecule is COc1ccc(S(=O)(=O)N2CCC(C(=O)Nc3cccc(SC)c3)CC2)cc1C. The van der Waals surface area contributed by atoms with Crippen molar-refractivity contribution in [3.05, 3.63) is 48.0 Å². The van der Waals surface area contributed by atoms with Crippen LogP contribution in [0.1, 0.15) is 18.4 Å². The Hall–Kier alpha value is -2.03. The van der Waals surface area contributed by atoms with Crippen LogP contribution in [0.3, 0.4) is 0 Å². The Bertz CT molecular complexity index is 984. The van der Waals surface area contributed by atoms with Gasteiger partial charge >= 0.3 is 0 Å². The number of carbonyl (C=O) groups excluding carboxylic acids is 1. The van der Waals surface area contributed by atoms with Crippen molar-refractivity contribution < 1.29 is 17.9 Å². The Kier molecular flexibility index (Phi) is 6.87. The van der Waals surface area contributed by atoms with Gasteiger partial charge in [-0.1, -0.05) is 6.07 Å². The van der Waals surface area contributed by atoms with Crippen LogP contribution in [0.15, 0.2) is 52.3 Å². The van der Waals surface area contributed by atoms with Gasteiger partial charge in [0.1, 0.15) is 5.75 Å². The Morgan fingerprint density at radius 1 is 1.17 bits per heavy atom. The lowest BCUT2D eigenvalue weighted by atomic mass is 9.97. The molecular weight excluding hydrogens is 408 g/mol. The van der Waals surface area contributed by atoms with Crippen LogP contribution in [0.5, 0.6) is 5.75 Å². The van der Waals surface area contributed by atoms with Gasteiger partial charge in [0, 0.05) is 29.6 Å². The molecule has 1 N–H and O–H groups in total. The number of thioether (sulfide) groups is 1. The molecule has 1 aliphatic heterocycles. The molecule has 2 aromatic carbocycles.